The number of rotatable bonds is 11. The van der Waals surface area contributed by atoms with Crippen LogP contribution in [0.4, 0.5) is 9.52 Å². The van der Waals surface area contributed by atoms with Gasteiger partial charge < -0.3 is 4.90 Å². The Balaban J connectivity index is 1.91. The monoisotopic (exact) mass is 506 g/mol. The quantitative estimate of drug-likeness (QED) is 0.384. The average Bonchev–Trinajstić information content (AvgIpc) is 3.21. The van der Waals surface area contributed by atoms with Gasteiger partial charge in [0.25, 0.3) is 5.91 Å². The van der Waals surface area contributed by atoms with Crippen molar-refractivity contribution in [1.29, 1.82) is 0 Å². The number of nitrogens with zero attached hydrogens (tertiary/aromatic N) is 4. The van der Waals surface area contributed by atoms with E-state index in [1.807, 2.05) is 32.8 Å². The molecule has 0 fully saturated rings. The lowest BCUT2D eigenvalue weighted by molar-refractivity contribution is 0.0985. The lowest BCUT2D eigenvalue weighted by atomic mass is 10.2. The van der Waals surface area contributed by atoms with Gasteiger partial charge >= 0.3 is 0 Å². The second-order valence-corrected chi connectivity index (χ2v) is 11.2. The fourth-order valence-electron chi connectivity index (χ4n) is 3.51. The summed E-state index contributed by atoms with van der Waals surface area (Å²) in [6.07, 6.45) is 1.45. The molecule has 0 aliphatic rings. The van der Waals surface area contributed by atoms with Crippen molar-refractivity contribution in [3.05, 3.63) is 53.8 Å². The third-order valence-corrected chi connectivity index (χ3v) is 8.23. The van der Waals surface area contributed by atoms with Gasteiger partial charge in [-0.3, -0.25) is 9.69 Å². The van der Waals surface area contributed by atoms with E-state index in [0.29, 0.717) is 47.1 Å². The minimum absolute atomic E-state index is 0.168. The molecular weight excluding hydrogens is 475 g/mol. The van der Waals surface area contributed by atoms with Crippen LogP contribution in [0.5, 0.6) is 0 Å². The molecule has 3 rings (SSSR count). The first kappa shape index (κ1) is 26.2. The maximum Gasteiger partial charge on any atom is 0.260 e. The first-order valence-corrected chi connectivity index (χ1v) is 13.6. The van der Waals surface area contributed by atoms with Crippen LogP contribution in [0.2, 0.25) is 0 Å². The summed E-state index contributed by atoms with van der Waals surface area (Å²) in [4.78, 5) is 21.7. The molecule has 7 nitrogen and oxygen atoms in total. The second-order valence-electron chi connectivity index (χ2n) is 8.30. The number of hydrogen-bond acceptors (Lipinski definition) is 6. The summed E-state index contributed by atoms with van der Waals surface area (Å²) in [5.41, 5.74) is 0.984. The van der Waals surface area contributed by atoms with E-state index in [1.54, 1.807) is 23.1 Å². The van der Waals surface area contributed by atoms with Crippen LogP contribution in [0.15, 0.2) is 47.4 Å². The lowest BCUT2D eigenvalue weighted by Crippen LogP contribution is -2.36. The van der Waals surface area contributed by atoms with Gasteiger partial charge in [-0.25, -0.2) is 17.8 Å². The molecule has 10 heteroatoms. The minimum atomic E-state index is -3.63. The Bertz CT molecular complexity index is 1220. The zero-order valence-electron chi connectivity index (χ0n) is 20.0. The largest absolute Gasteiger partial charge is 0.308 e. The molecule has 0 aliphatic heterocycles. The van der Waals surface area contributed by atoms with Crippen LogP contribution in [-0.2, 0) is 10.0 Å². The number of hydrogen-bond donors (Lipinski definition) is 0. The van der Waals surface area contributed by atoms with Gasteiger partial charge in [0.1, 0.15) is 5.82 Å². The Morgan fingerprint density at radius 3 is 2.21 bits per heavy atom. The van der Waals surface area contributed by atoms with E-state index in [0.717, 1.165) is 12.8 Å². The summed E-state index contributed by atoms with van der Waals surface area (Å²) < 4.78 is 41.9. The third-order valence-electron chi connectivity index (χ3n) is 5.27. The Labute approximate surface area is 204 Å². The topological polar surface area (TPSA) is 73.8 Å². The van der Waals surface area contributed by atoms with Gasteiger partial charge in [0.05, 0.1) is 15.1 Å². The fraction of sp³-hybridized carbons (Fsp3) is 0.417. The standard InChI is InChI=1S/C24H31FN4O3S2/c1-5-13-28(14-6-2)34(31,32)20-10-7-18(8-11-20)23(30)29(16-15-27(3)4)24-26-21-12-9-19(25)17-22(21)33-24/h7-12,17H,5-6,13-16H2,1-4H3. The summed E-state index contributed by atoms with van der Waals surface area (Å²) >= 11 is 1.25. The van der Waals surface area contributed by atoms with E-state index in [1.165, 1.54) is 39.9 Å². The molecule has 1 heterocycles. The highest BCUT2D eigenvalue weighted by molar-refractivity contribution is 7.89. The molecule has 0 bridgehead atoms. The molecule has 0 saturated heterocycles. The molecule has 3 aromatic rings. The second kappa shape index (κ2) is 11.4. The Morgan fingerprint density at radius 2 is 1.62 bits per heavy atom. The average molecular weight is 507 g/mol. The van der Waals surface area contributed by atoms with Crippen molar-refractivity contribution in [3.8, 4) is 0 Å². The summed E-state index contributed by atoms with van der Waals surface area (Å²) in [5, 5.41) is 0.473. The van der Waals surface area contributed by atoms with Crippen molar-refractivity contribution in [1.82, 2.24) is 14.2 Å². The minimum Gasteiger partial charge on any atom is -0.308 e. The molecule has 0 N–H and O–H groups in total. The van der Waals surface area contributed by atoms with Gasteiger partial charge in [-0.1, -0.05) is 25.2 Å². The zero-order chi connectivity index (χ0) is 24.9. The highest BCUT2D eigenvalue weighted by Crippen LogP contribution is 2.30. The molecule has 184 valence electrons. The maximum absolute atomic E-state index is 13.7. The first-order chi connectivity index (χ1) is 16.2. The number of thiazole rings is 1. The van der Waals surface area contributed by atoms with Crippen LogP contribution in [0.25, 0.3) is 10.2 Å². The predicted octanol–water partition coefficient (Wildman–Crippen LogP) is 4.45. The van der Waals surface area contributed by atoms with E-state index < -0.39 is 10.0 Å². The van der Waals surface area contributed by atoms with Crippen LogP contribution in [-0.4, -0.2) is 68.8 Å². The molecule has 0 unspecified atom stereocenters. The van der Waals surface area contributed by atoms with Crippen LogP contribution in [0.3, 0.4) is 0 Å². The summed E-state index contributed by atoms with van der Waals surface area (Å²) in [7, 11) is 0.195. The molecule has 0 radical (unpaired) electrons. The number of anilines is 1. The number of amides is 1. The zero-order valence-corrected chi connectivity index (χ0v) is 21.6. The van der Waals surface area contributed by atoms with Gasteiger partial charge in [0, 0.05) is 31.7 Å². The molecule has 0 aliphatic carbocycles. The number of carbonyl (C=O) groups is 1. The molecule has 34 heavy (non-hydrogen) atoms. The maximum atomic E-state index is 13.7. The van der Waals surface area contributed by atoms with Gasteiger partial charge in [-0.2, -0.15) is 4.31 Å². The summed E-state index contributed by atoms with van der Waals surface area (Å²) in [6.45, 7) is 5.78. The number of sulfonamides is 1. The SMILES string of the molecule is CCCN(CCC)S(=O)(=O)c1ccc(C(=O)N(CCN(C)C)c2nc3ccc(F)cc3s2)cc1. The van der Waals surface area contributed by atoms with E-state index in [4.69, 9.17) is 0 Å². The Morgan fingerprint density at radius 1 is 0.971 bits per heavy atom. The molecular formula is C24H31FN4O3S2. The van der Waals surface area contributed by atoms with E-state index in [2.05, 4.69) is 4.98 Å². The highest BCUT2D eigenvalue weighted by atomic mass is 32.2. The smallest absolute Gasteiger partial charge is 0.260 e. The van der Waals surface area contributed by atoms with E-state index in [9.17, 15) is 17.6 Å². The number of halogens is 1. The normalized spacial score (nSPS) is 12.1. The molecule has 0 spiro atoms. The Hall–Kier alpha value is -2.40. The molecule has 1 aromatic heterocycles. The summed E-state index contributed by atoms with van der Waals surface area (Å²) in [5.74, 6) is -0.643. The van der Waals surface area contributed by atoms with E-state index >= 15 is 0 Å². The van der Waals surface area contributed by atoms with Gasteiger partial charge in [0.2, 0.25) is 10.0 Å². The van der Waals surface area contributed by atoms with Crippen LogP contribution < -0.4 is 4.90 Å². The third kappa shape index (κ3) is 5.99. The molecule has 0 saturated carbocycles. The number of likely N-dealkylation sites (N-methyl/N-ethyl adjacent to an activating group) is 1. The number of aromatic nitrogens is 1. The van der Waals surface area contributed by atoms with Crippen molar-refractivity contribution in [2.75, 3.05) is 45.2 Å². The molecule has 2 aromatic carbocycles. The van der Waals surface area contributed by atoms with E-state index in [-0.39, 0.29) is 16.6 Å². The highest BCUT2D eigenvalue weighted by Gasteiger charge is 2.25. The van der Waals surface area contributed by atoms with Crippen molar-refractivity contribution < 1.29 is 17.6 Å². The summed E-state index contributed by atoms with van der Waals surface area (Å²) in [6, 6.07) is 10.4. The number of carbonyl (C=O) groups excluding carboxylic acids is 1. The van der Waals surface area contributed by atoms with Crippen LogP contribution >= 0.6 is 11.3 Å². The van der Waals surface area contributed by atoms with Crippen molar-refractivity contribution in [2.45, 2.75) is 31.6 Å². The Kier molecular flexibility index (Phi) is 8.75. The molecule has 0 atom stereocenters. The number of fused-ring (bicyclic) bond motifs is 1. The van der Waals surface area contributed by atoms with Gasteiger partial charge in [-0.05, 0) is 69.4 Å². The fourth-order valence-corrected chi connectivity index (χ4v) is 6.15. The molecule has 1 amide bonds. The van der Waals surface area contributed by atoms with Crippen molar-refractivity contribution in [3.63, 3.8) is 0 Å². The van der Waals surface area contributed by atoms with Crippen LogP contribution in [0, 0.1) is 5.82 Å². The lowest BCUT2D eigenvalue weighted by Gasteiger charge is -2.23. The van der Waals surface area contributed by atoms with Crippen molar-refractivity contribution in [2.24, 2.45) is 0 Å². The first-order valence-electron chi connectivity index (χ1n) is 11.3. The predicted molar refractivity (Wildman–Crippen MR) is 136 cm³/mol. The number of benzene rings is 2. The van der Waals surface area contributed by atoms with Crippen molar-refractivity contribution >= 4 is 42.6 Å². The van der Waals surface area contributed by atoms with Crippen LogP contribution in [0.1, 0.15) is 37.0 Å². The van der Waals surface area contributed by atoms with Gasteiger partial charge in [0.15, 0.2) is 5.13 Å². The van der Waals surface area contributed by atoms with Gasteiger partial charge in [-0.15, -0.1) is 0 Å².